The van der Waals surface area contributed by atoms with Gasteiger partial charge in [0.2, 0.25) is 0 Å². The van der Waals surface area contributed by atoms with E-state index < -0.39 is 6.10 Å². The molecule has 1 N–H and O–H groups in total. The van der Waals surface area contributed by atoms with Crippen LogP contribution >= 0.6 is 0 Å². The number of aliphatic hydroxyl groups is 1. The summed E-state index contributed by atoms with van der Waals surface area (Å²) in [6.45, 7) is 3.94. The molecule has 0 radical (unpaired) electrons. The molecule has 0 unspecified atom stereocenters. The zero-order chi connectivity index (χ0) is 35.0. The Morgan fingerprint density at radius 2 is 0.688 bits per heavy atom. The second-order valence-electron chi connectivity index (χ2n) is 11.2. The topological polar surface area (TPSA) is 72.8 Å². The van der Waals surface area contributed by atoms with Gasteiger partial charge in [0.1, 0.15) is 19.3 Å². The van der Waals surface area contributed by atoms with Crippen molar-refractivity contribution in [2.24, 2.45) is 0 Å². The standard InChI is InChI=1S/C43H64O5/c1-3-5-7-9-11-13-15-17-19-21-23-25-27-29-31-33-35-37-42(45)47-39-41(44)40-48-43(46)38-36-34-32-30-28-26-24-22-20-18-16-14-12-10-8-6-4-2/h5-8,11-14,17-20,23-26,29-32,41,44H,3-4,9-10,15-16,21-22,27-28,33-40H2,1-2H3. The van der Waals surface area contributed by atoms with Crippen molar-refractivity contribution in [3.8, 4) is 0 Å². The molecular weight excluding hydrogens is 596 g/mol. The van der Waals surface area contributed by atoms with Crippen LogP contribution in [0, 0.1) is 0 Å². The van der Waals surface area contributed by atoms with Crippen LogP contribution in [0.1, 0.15) is 117 Å². The van der Waals surface area contributed by atoms with Gasteiger partial charge in [0, 0.05) is 12.8 Å². The molecule has 0 heterocycles. The number of allylic oxidation sites excluding steroid dienone is 20. The summed E-state index contributed by atoms with van der Waals surface area (Å²) in [7, 11) is 0. The van der Waals surface area contributed by atoms with Crippen LogP contribution in [0.5, 0.6) is 0 Å². The molecule has 5 nitrogen and oxygen atoms in total. The van der Waals surface area contributed by atoms with E-state index in [9.17, 15) is 14.7 Å². The first-order valence-corrected chi connectivity index (χ1v) is 18.1. The maximum Gasteiger partial charge on any atom is 0.305 e. The van der Waals surface area contributed by atoms with E-state index in [0.717, 1.165) is 77.0 Å². The van der Waals surface area contributed by atoms with Crippen LogP contribution in [0.25, 0.3) is 0 Å². The lowest BCUT2D eigenvalue weighted by Crippen LogP contribution is -2.25. The Morgan fingerprint density at radius 3 is 0.958 bits per heavy atom. The Balaban J connectivity index is 3.70. The van der Waals surface area contributed by atoms with Crippen molar-refractivity contribution in [2.75, 3.05) is 13.2 Å². The average Bonchev–Trinajstić information content (AvgIpc) is 3.09. The van der Waals surface area contributed by atoms with Gasteiger partial charge in [0.05, 0.1) is 0 Å². The van der Waals surface area contributed by atoms with Crippen molar-refractivity contribution < 1.29 is 24.2 Å². The van der Waals surface area contributed by atoms with Crippen LogP contribution in [0.3, 0.4) is 0 Å². The first-order chi connectivity index (χ1) is 23.6. The minimum atomic E-state index is -1.02. The third-order valence-corrected chi connectivity index (χ3v) is 6.69. The molecule has 0 atom stereocenters. The van der Waals surface area contributed by atoms with E-state index in [4.69, 9.17) is 9.47 Å². The Bertz CT molecular complexity index is 981. The maximum absolute atomic E-state index is 11.9. The Labute approximate surface area is 293 Å². The third-order valence-electron chi connectivity index (χ3n) is 6.69. The Morgan fingerprint density at radius 1 is 0.438 bits per heavy atom. The lowest BCUT2D eigenvalue weighted by molar-refractivity contribution is -0.152. The molecular formula is C43H64O5. The zero-order valence-electron chi connectivity index (χ0n) is 29.9. The normalized spacial score (nSPS) is 13.6. The zero-order valence-corrected chi connectivity index (χ0v) is 29.9. The number of hydrogen-bond acceptors (Lipinski definition) is 5. The van der Waals surface area contributed by atoms with Crippen molar-refractivity contribution in [1.29, 1.82) is 0 Å². The molecule has 0 aliphatic rings. The molecule has 0 saturated carbocycles. The van der Waals surface area contributed by atoms with Gasteiger partial charge >= 0.3 is 11.9 Å². The summed E-state index contributed by atoms with van der Waals surface area (Å²) in [5.74, 6) is -0.713. The summed E-state index contributed by atoms with van der Waals surface area (Å²) in [5, 5.41) is 9.98. The number of rotatable bonds is 30. The number of ether oxygens (including phenoxy) is 2. The van der Waals surface area contributed by atoms with E-state index in [0.29, 0.717) is 12.8 Å². The highest BCUT2D eigenvalue weighted by atomic mass is 16.6. The van der Waals surface area contributed by atoms with Gasteiger partial charge in [0.15, 0.2) is 0 Å². The fourth-order valence-electron chi connectivity index (χ4n) is 4.04. The minimum absolute atomic E-state index is 0.173. The number of esters is 2. The highest BCUT2D eigenvalue weighted by molar-refractivity contribution is 5.69. The first kappa shape index (κ1) is 44.3. The molecule has 0 aromatic heterocycles. The largest absolute Gasteiger partial charge is 0.463 e. The van der Waals surface area contributed by atoms with Gasteiger partial charge in [-0.25, -0.2) is 0 Å². The average molecular weight is 661 g/mol. The Hall–Kier alpha value is -3.70. The van der Waals surface area contributed by atoms with Crippen molar-refractivity contribution in [2.45, 2.75) is 123 Å². The third kappa shape index (κ3) is 36.8. The van der Waals surface area contributed by atoms with Crippen LogP contribution < -0.4 is 0 Å². The van der Waals surface area contributed by atoms with Gasteiger partial charge < -0.3 is 14.6 Å². The first-order valence-electron chi connectivity index (χ1n) is 18.1. The highest BCUT2D eigenvalue weighted by Crippen LogP contribution is 2.04. The van der Waals surface area contributed by atoms with Crippen LogP contribution in [-0.2, 0) is 19.1 Å². The summed E-state index contributed by atoms with van der Waals surface area (Å²) in [5.41, 5.74) is 0. The molecule has 0 aliphatic carbocycles. The second kappa shape index (κ2) is 37.8. The summed E-state index contributed by atoms with van der Waals surface area (Å²) >= 11 is 0. The van der Waals surface area contributed by atoms with Crippen molar-refractivity contribution in [3.05, 3.63) is 122 Å². The van der Waals surface area contributed by atoms with Gasteiger partial charge in [-0.05, 0) is 89.9 Å². The van der Waals surface area contributed by atoms with Crippen molar-refractivity contribution >= 4 is 11.9 Å². The number of aliphatic hydroxyl groups excluding tert-OH is 1. The molecule has 0 aromatic carbocycles. The molecule has 5 heteroatoms. The monoisotopic (exact) mass is 660 g/mol. The van der Waals surface area contributed by atoms with E-state index in [-0.39, 0.29) is 38.0 Å². The van der Waals surface area contributed by atoms with Crippen LogP contribution in [-0.4, -0.2) is 36.4 Å². The SMILES string of the molecule is CCC=CCC=CCC=CCC=CCC=CCCCC(=O)OCC(O)COC(=O)CCCC=CCC=CCC=CCC=CCC=CCC. The summed E-state index contributed by atoms with van der Waals surface area (Å²) < 4.78 is 10.2. The molecule has 48 heavy (non-hydrogen) atoms. The van der Waals surface area contributed by atoms with E-state index in [2.05, 4.69) is 135 Å². The molecule has 0 aromatic rings. The number of carbonyl (C=O) groups is 2. The smallest absolute Gasteiger partial charge is 0.305 e. The van der Waals surface area contributed by atoms with E-state index in [1.807, 2.05) is 0 Å². The predicted octanol–water partition coefficient (Wildman–Crippen LogP) is 11.3. The molecule has 0 rings (SSSR count). The number of carbonyl (C=O) groups excluding carboxylic acids is 2. The van der Waals surface area contributed by atoms with Crippen LogP contribution in [0.15, 0.2) is 122 Å². The van der Waals surface area contributed by atoms with Gasteiger partial charge in [0.25, 0.3) is 0 Å². The molecule has 0 saturated heterocycles. The summed E-state index contributed by atoms with van der Waals surface area (Å²) in [4.78, 5) is 23.8. The second-order valence-corrected chi connectivity index (χ2v) is 11.2. The van der Waals surface area contributed by atoms with E-state index >= 15 is 0 Å². The van der Waals surface area contributed by atoms with Crippen molar-refractivity contribution in [1.82, 2.24) is 0 Å². The summed E-state index contributed by atoms with van der Waals surface area (Å²) in [6.07, 6.45) is 55.4. The van der Waals surface area contributed by atoms with Gasteiger partial charge in [-0.1, -0.05) is 135 Å². The fraction of sp³-hybridized carbons (Fsp3) is 0.488. The van der Waals surface area contributed by atoms with E-state index in [1.54, 1.807) is 0 Å². The van der Waals surface area contributed by atoms with Gasteiger partial charge in [-0.15, -0.1) is 0 Å². The molecule has 0 fully saturated rings. The number of hydrogen-bond donors (Lipinski definition) is 1. The minimum Gasteiger partial charge on any atom is -0.463 e. The molecule has 0 aliphatic heterocycles. The fourth-order valence-corrected chi connectivity index (χ4v) is 4.04. The van der Waals surface area contributed by atoms with Gasteiger partial charge in [-0.2, -0.15) is 0 Å². The Kier molecular flexibility index (Phi) is 34.8. The quantitative estimate of drug-likeness (QED) is 0.0471. The molecule has 266 valence electrons. The lowest BCUT2D eigenvalue weighted by atomic mass is 10.2. The molecule has 0 bridgehead atoms. The van der Waals surface area contributed by atoms with Crippen LogP contribution in [0.2, 0.25) is 0 Å². The van der Waals surface area contributed by atoms with Gasteiger partial charge in [-0.3, -0.25) is 9.59 Å². The summed E-state index contributed by atoms with van der Waals surface area (Å²) in [6, 6.07) is 0. The van der Waals surface area contributed by atoms with Crippen molar-refractivity contribution in [3.63, 3.8) is 0 Å². The molecule has 0 amide bonds. The maximum atomic E-state index is 11.9. The predicted molar refractivity (Wildman–Crippen MR) is 205 cm³/mol. The van der Waals surface area contributed by atoms with E-state index in [1.165, 1.54) is 0 Å². The van der Waals surface area contributed by atoms with Crippen LogP contribution in [0.4, 0.5) is 0 Å². The number of unbranched alkanes of at least 4 members (excludes halogenated alkanes) is 2. The highest BCUT2D eigenvalue weighted by Gasteiger charge is 2.11. The lowest BCUT2D eigenvalue weighted by Gasteiger charge is -2.11. The molecule has 0 spiro atoms.